The molecule has 0 radical (unpaired) electrons. The van der Waals surface area contributed by atoms with Gasteiger partial charge in [0.15, 0.2) is 0 Å². The Bertz CT molecular complexity index is 1050. The monoisotopic (exact) mass is 485 g/mol. The van der Waals surface area contributed by atoms with E-state index < -0.39 is 39.8 Å². The highest BCUT2D eigenvalue weighted by molar-refractivity contribution is 7.85. The van der Waals surface area contributed by atoms with Crippen LogP contribution in [-0.4, -0.2) is 70.8 Å². The molecule has 3 fully saturated rings. The van der Waals surface area contributed by atoms with Gasteiger partial charge in [-0.2, -0.15) is 8.42 Å². The second kappa shape index (κ2) is 8.32. The summed E-state index contributed by atoms with van der Waals surface area (Å²) in [5, 5.41) is 2.89. The zero-order valence-corrected chi connectivity index (χ0v) is 19.7. The first-order chi connectivity index (χ1) is 15.3. The SMILES string of the molecule is CC(C)(C)OC(=O)NC1C2CN(c3ccc(N4C[C@H](COS(C)(=O)=O)OC4=O)cc3F)C[C@@H]21. The van der Waals surface area contributed by atoms with Crippen molar-refractivity contribution < 1.29 is 36.1 Å². The van der Waals surface area contributed by atoms with Gasteiger partial charge in [-0.15, -0.1) is 0 Å². The molecule has 4 atom stereocenters. The summed E-state index contributed by atoms with van der Waals surface area (Å²) in [6.45, 7) is 6.39. The first-order valence-electron chi connectivity index (χ1n) is 10.7. The van der Waals surface area contributed by atoms with Crippen molar-refractivity contribution in [2.24, 2.45) is 11.8 Å². The zero-order valence-electron chi connectivity index (χ0n) is 18.9. The van der Waals surface area contributed by atoms with Gasteiger partial charge < -0.3 is 19.7 Å². The first-order valence-corrected chi connectivity index (χ1v) is 12.5. The number of benzene rings is 1. The number of cyclic esters (lactones) is 1. The van der Waals surface area contributed by atoms with Crippen molar-refractivity contribution in [1.29, 1.82) is 0 Å². The third-order valence-electron chi connectivity index (χ3n) is 5.80. The normalized spacial score (nSPS) is 26.8. The molecular formula is C21H28FN3O7S. The fraction of sp³-hybridized carbons (Fsp3) is 0.619. The van der Waals surface area contributed by atoms with E-state index >= 15 is 0 Å². The topological polar surface area (TPSA) is 114 Å². The molecule has 1 N–H and O–H groups in total. The predicted octanol–water partition coefficient (Wildman–Crippen LogP) is 2.09. The van der Waals surface area contributed by atoms with Crippen LogP contribution in [0.15, 0.2) is 18.2 Å². The Morgan fingerprint density at radius 2 is 1.91 bits per heavy atom. The Morgan fingerprint density at radius 1 is 1.24 bits per heavy atom. The van der Waals surface area contributed by atoms with Crippen LogP contribution in [0.1, 0.15) is 20.8 Å². The summed E-state index contributed by atoms with van der Waals surface area (Å²) in [5.41, 5.74) is 0.177. The Morgan fingerprint density at radius 3 is 2.48 bits per heavy atom. The predicted molar refractivity (Wildman–Crippen MR) is 117 cm³/mol. The van der Waals surface area contributed by atoms with E-state index in [1.807, 2.05) is 4.90 Å². The van der Waals surface area contributed by atoms with E-state index in [0.29, 0.717) is 24.5 Å². The lowest BCUT2D eigenvalue weighted by Crippen LogP contribution is -2.38. The van der Waals surface area contributed by atoms with Crippen molar-refractivity contribution >= 4 is 33.7 Å². The van der Waals surface area contributed by atoms with Crippen molar-refractivity contribution in [2.75, 3.05) is 42.3 Å². The fourth-order valence-corrected chi connectivity index (χ4v) is 4.72. The summed E-state index contributed by atoms with van der Waals surface area (Å²) in [5.74, 6) is -0.00407. The van der Waals surface area contributed by atoms with Gasteiger partial charge in [-0.3, -0.25) is 9.08 Å². The Labute approximate surface area is 192 Å². The highest BCUT2D eigenvalue weighted by Gasteiger charge is 2.57. The molecule has 1 aromatic rings. The van der Waals surface area contributed by atoms with E-state index in [0.717, 1.165) is 6.26 Å². The summed E-state index contributed by atoms with van der Waals surface area (Å²) in [6, 6.07) is 4.53. The van der Waals surface area contributed by atoms with Gasteiger partial charge in [0.2, 0.25) is 0 Å². The number of carbonyl (C=O) groups is 2. The lowest BCUT2D eigenvalue weighted by molar-refractivity contribution is 0.0518. The molecule has 12 heteroatoms. The molecule has 2 amide bonds. The summed E-state index contributed by atoms with van der Waals surface area (Å²) in [7, 11) is -3.66. The molecule has 3 aliphatic rings. The van der Waals surface area contributed by atoms with Gasteiger partial charge in [0.05, 0.1) is 24.2 Å². The smallest absolute Gasteiger partial charge is 0.414 e. The van der Waals surface area contributed by atoms with Gasteiger partial charge in [0.1, 0.15) is 24.1 Å². The van der Waals surface area contributed by atoms with Crippen molar-refractivity contribution in [3.05, 3.63) is 24.0 Å². The molecule has 10 nitrogen and oxygen atoms in total. The zero-order chi connectivity index (χ0) is 24.1. The van der Waals surface area contributed by atoms with Crippen LogP contribution in [0.5, 0.6) is 0 Å². The van der Waals surface area contributed by atoms with Crippen LogP contribution in [0.4, 0.5) is 25.4 Å². The maximum Gasteiger partial charge on any atom is 0.414 e. The largest absolute Gasteiger partial charge is 0.444 e. The molecule has 33 heavy (non-hydrogen) atoms. The fourth-order valence-electron chi connectivity index (χ4n) is 4.32. The third-order valence-corrected chi connectivity index (χ3v) is 6.37. The number of fused-ring (bicyclic) bond motifs is 1. The van der Waals surface area contributed by atoms with Crippen LogP contribution >= 0.6 is 0 Å². The van der Waals surface area contributed by atoms with Crippen molar-refractivity contribution in [1.82, 2.24) is 5.32 Å². The second-order valence-corrected chi connectivity index (χ2v) is 11.3. The standard InChI is InChI=1S/C21H28FN3O7S/c1-21(2,3)32-19(26)23-18-14-9-24(10-15(14)18)17-6-5-12(7-16(17)22)25-8-13(31-20(25)27)11-30-33(4,28)29/h5-7,13-15,18H,8-11H2,1-4H3,(H,23,26)/t13-,14+,15?,18?/m1/s1. The van der Waals surface area contributed by atoms with Gasteiger partial charge >= 0.3 is 12.2 Å². The van der Waals surface area contributed by atoms with E-state index in [9.17, 15) is 22.4 Å². The van der Waals surface area contributed by atoms with Crippen LogP contribution in [0.25, 0.3) is 0 Å². The summed E-state index contributed by atoms with van der Waals surface area (Å²) in [4.78, 5) is 27.3. The maximum absolute atomic E-state index is 14.9. The summed E-state index contributed by atoms with van der Waals surface area (Å²) >= 11 is 0. The summed E-state index contributed by atoms with van der Waals surface area (Å²) in [6.07, 6.45) is -0.993. The number of hydrogen-bond donors (Lipinski definition) is 1. The maximum atomic E-state index is 14.9. The number of amides is 2. The van der Waals surface area contributed by atoms with Crippen molar-refractivity contribution in [3.63, 3.8) is 0 Å². The van der Waals surface area contributed by atoms with Crippen LogP contribution in [-0.2, 0) is 23.8 Å². The number of nitrogens with zero attached hydrogens (tertiary/aromatic N) is 2. The van der Waals surface area contributed by atoms with Gasteiger partial charge in [-0.25, -0.2) is 14.0 Å². The first kappa shape index (κ1) is 23.6. The molecular weight excluding hydrogens is 457 g/mol. The van der Waals surface area contributed by atoms with E-state index in [-0.39, 0.29) is 31.0 Å². The molecule has 2 aliphatic heterocycles. The van der Waals surface area contributed by atoms with Gasteiger partial charge in [-0.1, -0.05) is 0 Å². The lowest BCUT2D eigenvalue weighted by Gasteiger charge is -2.25. The number of anilines is 2. The van der Waals surface area contributed by atoms with Gasteiger partial charge in [0.25, 0.3) is 10.1 Å². The third kappa shape index (κ3) is 5.49. The van der Waals surface area contributed by atoms with Crippen LogP contribution in [0, 0.1) is 17.7 Å². The highest BCUT2D eigenvalue weighted by atomic mass is 32.2. The van der Waals surface area contributed by atoms with E-state index in [2.05, 4.69) is 9.50 Å². The van der Waals surface area contributed by atoms with Gasteiger partial charge in [0, 0.05) is 31.0 Å². The molecule has 1 aliphatic carbocycles. The molecule has 0 aromatic heterocycles. The average Bonchev–Trinajstić information content (AvgIpc) is 3.03. The number of hydrogen-bond acceptors (Lipinski definition) is 8. The molecule has 2 saturated heterocycles. The van der Waals surface area contributed by atoms with E-state index in [1.54, 1.807) is 32.9 Å². The molecule has 182 valence electrons. The van der Waals surface area contributed by atoms with Crippen molar-refractivity contribution in [2.45, 2.75) is 38.5 Å². The number of piperidine rings is 1. The highest BCUT2D eigenvalue weighted by Crippen LogP contribution is 2.47. The lowest BCUT2D eigenvalue weighted by atomic mass is 10.2. The quantitative estimate of drug-likeness (QED) is 0.610. The Hall–Kier alpha value is -2.60. The minimum atomic E-state index is -3.66. The number of alkyl carbamates (subject to hydrolysis) is 1. The van der Waals surface area contributed by atoms with E-state index in [4.69, 9.17) is 9.47 Å². The number of ether oxygens (including phenoxy) is 2. The van der Waals surface area contributed by atoms with Gasteiger partial charge in [-0.05, 0) is 39.0 Å². The number of nitrogens with one attached hydrogen (secondary N) is 1. The second-order valence-electron chi connectivity index (χ2n) is 9.65. The number of carbonyl (C=O) groups excluding carboxylic acids is 2. The van der Waals surface area contributed by atoms with Crippen molar-refractivity contribution in [3.8, 4) is 0 Å². The van der Waals surface area contributed by atoms with E-state index in [1.165, 1.54) is 11.0 Å². The molecule has 0 bridgehead atoms. The number of halogens is 1. The minimum absolute atomic E-state index is 0.0314. The molecule has 2 heterocycles. The molecule has 0 spiro atoms. The number of rotatable bonds is 6. The minimum Gasteiger partial charge on any atom is -0.444 e. The van der Waals surface area contributed by atoms with Crippen LogP contribution < -0.4 is 15.1 Å². The Kier molecular flexibility index (Phi) is 5.94. The molecule has 1 saturated carbocycles. The molecule has 4 rings (SSSR count). The van der Waals surface area contributed by atoms with Crippen LogP contribution in [0.3, 0.4) is 0 Å². The van der Waals surface area contributed by atoms with Crippen LogP contribution in [0.2, 0.25) is 0 Å². The molecule has 1 aromatic carbocycles. The molecule has 2 unspecified atom stereocenters. The average molecular weight is 486 g/mol. The summed E-state index contributed by atoms with van der Waals surface area (Å²) < 4.78 is 52.2. The Balaban J connectivity index is 1.32.